The Labute approximate surface area is 117 Å². The molecule has 0 bridgehead atoms. The Kier molecular flexibility index (Phi) is 5.83. The van der Waals surface area contributed by atoms with Crippen molar-refractivity contribution in [2.75, 3.05) is 6.54 Å². The minimum atomic E-state index is -0.806. The molecule has 0 aromatic heterocycles. The molecule has 0 heterocycles. The molecule has 1 aromatic rings. The number of rotatable bonds is 6. The molecule has 0 radical (unpaired) electrons. The maximum Gasteiger partial charge on any atom is 0.306 e. The molecule has 2 N–H and O–H groups in total. The fraction of sp³-hybridized carbons (Fsp3) is 0.429. The molecule has 0 saturated heterocycles. The highest BCUT2D eigenvalue weighted by atomic mass is 35.5. The molecular formula is C14H18ClNO3. The van der Waals surface area contributed by atoms with Crippen LogP contribution < -0.4 is 5.32 Å². The summed E-state index contributed by atoms with van der Waals surface area (Å²) in [5.74, 6) is -1.35. The molecule has 104 valence electrons. The molecule has 0 aliphatic rings. The number of nitrogens with one attached hydrogen (secondary N) is 1. The largest absolute Gasteiger partial charge is 0.481 e. The maximum absolute atomic E-state index is 11.8. The van der Waals surface area contributed by atoms with E-state index in [4.69, 9.17) is 16.7 Å². The van der Waals surface area contributed by atoms with Crippen molar-refractivity contribution in [2.45, 2.75) is 26.7 Å². The van der Waals surface area contributed by atoms with Gasteiger partial charge in [0, 0.05) is 17.1 Å². The van der Waals surface area contributed by atoms with E-state index in [0.29, 0.717) is 30.0 Å². The second-order valence-electron chi connectivity index (χ2n) is 4.60. The van der Waals surface area contributed by atoms with Gasteiger partial charge in [0.1, 0.15) is 0 Å². The Bertz CT molecular complexity index is 474. The Balaban J connectivity index is 2.39. The number of benzene rings is 1. The van der Waals surface area contributed by atoms with E-state index in [1.807, 2.05) is 6.92 Å². The predicted octanol–water partition coefficient (Wildman–Crippen LogP) is 2.88. The van der Waals surface area contributed by atoms with Crippen molar-refractivity contribution in [1.29, 1.82) is 0 Å². The summed E-state index contributed by atoms with van der Waals surface area (Å²) < 4.78 is 0. The Morgan fingerprint density at radius 1 is 1.42 bits per heavy atom. The number of aryl methyl sites for hydroxylation is 1. The van der Waals surface area contributed by atoms with E-state index in [1.54, 1.807) is 25.1 Å². The lowest BCUT2D eigenvalue weighted by Crippen LogP contribution is -2.25. The van der Waals surface area contributed by atoms with Gasteiger partial charge in [-0.25, -0.2) is 0 Å². The Morgan fingerprint density at radius 3 is 2.68 bits per heavy atom. The standard InChI is InChI=1S/C14H18ClNO3/c1-9(14(18)19)4-3-7-16-13(17)11-5-6-12(15)10(2)8-11/h5-6,8-9H,3-4,7H2,1-2H3,(H,16,17)(H,18,19). The van der Waals surface area contributed by atoms with Crippen LogP contribution in [0.3, 0.4) is 0 Å². The fourth-order valence-corrected chi connectivity index (χ4v) is 1.74. The molecule has 1 amide bonds. The van der Waals surface area contributed by atoms with Gasteiger partial charge in [-0.3, -0.25) is 9.59 Å². The second-order valence-corrected chi connectivity index (χ2v) is 5.01. The highest BCUT2D eigenvalue weighted by Crippen LogP contribution is 2.16. The molecule has 1 rings (SSSR count). The van der Waals surface area contributed by atoms with Gasteiger partial charge in [0.05, 0.1) is 5.92 Å². The summed E-state index contributed by atoms with van der Waals surface area (Å²) in [4.78, 5) is 22.4. The predicted molar refractivity (Wildman–Crippen MR) is 74.6 cm³/mol. The number of halogens is 1. The number of amides is 1. The van der Waals surface area contributed by atoms with Crippen molar-refractivity contribution in [3.8, 4) is 0 Å². The van der Waals surface area contributed by atoms with Crippen LogP contribution in [-0.2, 0) is 4.79 Å². The van der Waals surface area contributed by atoms with Gasteiger partial charge < -0.3 is 10.4 Å². The van der Waals surface area contributed by atoms with Gasteiger partial charge >= 0.3 is 5.97 Å². The van der Waals surface area contributed by atoms with Crippen LogP contribution in [0, 0.1) is 12.8 Å². The zero-order chi connectivity index (χ0) is 14.4. The number of carboxylic acid groups (broad SMARTS) is 1. The fourth-order valence-electron chi connectivity index (χ4n) is 1.62. The molecular weight excluding hydrogens is 266 g/mol. The highest BCUT2D eigenvalue weighted by Gasteiger charge is 2.11. The quantitative estimate of drug-likeness (QED) is 0.789. The first kappa shape index (κ1) is 15.5. The molecule has 5 heteroatoms. The topological polar surface area (TPSA) is 66.4 Å². The van der Waals surface area contributed by atoms with Gasteiger partial charge in [0.15, 0.2) is 0 Å². The van der Waals surface area contributed by atoms with E-state index >= 15 is 0 Å². The van der Waals surface area contributed by atoms with Crippen molar-refractivity contribution in [3.05, 3.63) is 34.3 Å². The van der Waals surface area contributed by atoms with Crippen LogP contribution in [0.25, 0.3) is 0 Å². The third kappa shape index (κ3) is 4.91. The Hall–Kier alpha value is -1.55. The van der Waals surface area contributed by atoms with Crippen LogP contribution in [0.5, 0.6) is 0 Å². The zero-order valence-electron chi connectivity index (χ0n) is 11.1. The summed E-state index contributed by atoms with van der Waals surface area (Å²) in [5.41, 5.74) is 1.42. The zero-order valence-corrected chi connectivity index (χ0v) is 11.8. The van der Waals surface area contributed by atoms with Crippen LogP contribution >= 0.6 is 11.6 Å². The van der Waals surface area contributed by atoms with Crippen molar-refractivity contribution in [2.24, 2.45) is 5.92 Å². The van der Waals surface area contributed by atoms with E-state index in [0.717, 1.165) is 5.56 Å². The summed E-state index contributed by atoms with van der Waals surface area (Å²) in [7, 11) is 0. The first-order valence-electron chi connectivity index (χ1n) is 6.19. The second kappa shape index (κ2) is 7.14. The van der Waals surface area contributed by atoms with Crippen LogP contribution in [0.15, 0.2) is 18.2 Å². The number of carboxylic acids is 1. The van der Waals surface area contributed by atoms with Gasteiger partial charge in [0.25, 0.3) is 5.91 Å². The molecule has 19 heavy (non-hydrogen) atoms. The lowest BCUT2D eigenvalue weighted by Gasteiger charge is -2.08. The first-order valence-corrected chi connectivity index (χ1v) is 6.56. The SMILES string of the molecule is Cc1cc(C(=O)NCCCC(C)C(=O)O)ccc1Cl. The average molecular weight is 284 g/mol. The summed E-state index contributed by atoms with van der Waals surface area (Å²) in [6.07, 6.45) is 1.20. The van der Waals surface area contributed by atoms with E-state index in [-0.39, 0.29) is 11.8 Å². The van der Waals surface area contributed by atoms with Crippen LogP contribution in [-0.4, -0.2) is 23.5 Å². The van der Waals surface area contributed by atoms with Crippen LogP contribution in [0.1, 0.15) is 35.7 Å². The lowest BCUT2D eigenvalue weighted by atomic mass is 10.1. The molecule has 0 fully saturated rings. The first-order chi connectivity index (χ1) is 8.91. The van der Waals surface area contributed by atoms with Gasteiger partial charge in [0.2, 0.25) is 0 Å². The summed E-state index contributed by atoms with van der Waals surface area (Å²) in [6, 6.07) is 5.10. The van der Waals surface area contributed by atoms with Crippen molar-refractivity contribution in [3.63, 3.8) is 0 Å². The maximum atomic E-state index is 11.8. The minimum Gasteiger partial charge on any atom is -0.481 e. The summed E-state index contributed by atoms with van der Waals surface area (Å²) >= 11 is 5.89. The monoisotopic (exact) mass is 283 g/mol. The molecule has 1 unspecified atom stereocenters. The molecule has 0 aliphatic carbocycles. The minimum absolute atomic E-state index is 0.164. The molecule has 0 saturated carbocycles. The van der Waals surface area contributed by atoms with E-state index in [9.17, 15) is 9.59 Å². The van der Waals surface area contributed by atoms with Crippen molar-refractivity contribution < 1.29 is 14.7 Å². The molecule has 0 spiro atoms. The van der Waals surface area contributed by atoms with Gasteiger partial charge in [-0.1, -0.05) is 18.5 Å². The number of aliphatic carboxylic acids is 1. The van der Waals surface area contributed by atoms with Crippen LogP contribution in [0.4, 0.5) is 0 Å². The van der Waals surface area contributed by atoms with E-state index < -0.39 is 5.97 Å². The van der Waals surface area contributed by atoms with Crippen molar-refractivity contribution in [1.82, 2.24) is 5.32 Å². The smallest absolute Gasteiger partial charge is 0.306 e. The molecule has 0 aliphatic heterocycles. The van der Waals surface area contributed by atoms with Gasteiger partial charge in [-0.05, 0) is 43.5 Å². The normalized spacial score (nSPS) is 11.9. The third-order valence-corrected chi connectivity index (χ3v) is 3.37. The molecule has 1 aromatic carbocycles. The Morgan fingerprint density at radius 2 is 2.11 bits per heavy atom. The summed E-state index contributed by atoms with van der Waals surface area (Å²) in [6.45, 7) is 3.97. The number of hydrogen-bond donors (Lipinski definition) is 2. The number of hydrogen-bond acceptors (Lipinski definition) is 2. The van der Waals surface area contributed by atoms with Crippen molar-refractivity contribution >= 4 is 23.5 Å². The van der Waals surface area contributed by atoms with E-state index in [1.165, 1.54) is 0 Å². The third-order valence-electron chi connectivity index (χ3n) is 2.94. The van der Waals surface area contributed by atoms with Gasteiger partial charge in [-0.2, -0.15) is 0 Å². The summed E-state index contributed by atoms with van der Waals surface area (Å²) in [5, 5.41) is 12.1. The number of carbonyl (C=O) groups is 2. The molecule has 4 nitrogen and oxygen atoms in total. The lowest BCUT2D eigenvalue weighted by molar-refractivity contribution is -0.141. The van der Waals surface area contributed by atoms with Gasteiger partial charge in [-0.15, -0.1) is 0 Å². The number of carbonyl (C=O) groups excluding carboxylic acids is 1. The van der Waals surface area contributed by atoms with Crippen LogP contribution in [0.2, 0.25) is 5.02 Å². The van der Waals surface area contributed by atoms with E-state index in [2.05, 4.69) is 5.32 Å². The highest BCUT2D eigenvalue weighted by molar-refractivity contribution is 6.31. The molecule has 1 atom stereocenters. The average Bonchev–Trinajstić information content (AvgIpc) is 2.37.